The Bertz CT molecular complexity index is 545. The van der Waals surface area contributed by atoms with Gasteiger partial charge in [-0.2, -0.15) is 5.10 Å². The van der Waals surface area contributed by atoms with Gasteiger partial charge in [0, 0.05) is 15.7 Å². The van der Waals surface area contributed by atoms with Gasteiger partial charge >= 0.3 is 0 Å². The van der Waals surface area contributed by atoms with E-state index in [-0.39, 0.29) is 0 Å². The summed E-state index contributed by atoms with van der Waals surface area (Å²) in [7, 11) is 0. The molecule has 0 saturated carbocycles. The lowest BCUT2D eigenvalue weighted by atomic mass is 10.2. The lowest BCUT2D eigenvalue weighted by Gasteiger charge is -2.07. The number of hydrogen-bond acceptors (Lipinski definition) is 2. The Kier molecular flexibility index (Phi) is 2.24. The number of para-hydroxylation sites is 1. The van der Waals surface area contributed by atoms with Crippen LogP contribution in [0, 0.1) is 0 Å². The van der Waals surface area contributed by atoms with Gasteiger partial charge in [0.1, 0.15) is 5.82 Å². The third kappa shape index (κ3) is 1.37. The summed E-state index contributed by atoms with van der Waals surface area (Å²) < 4.78 is 3.02. The Labute approximate surface area is 102 Å². The average Bonchev–Trinajstić information content (AvgIpc) is 2.84. The SMILES string of the molecule is Nc1nn(-c2ccccc2Br)c2c1CCC2. The Balaban J connectivity index is 2.21. The third-order valence-electron chi connectivity index (χ3n) is 3.04. The molecule has 0 amide bonds. The van der Waals surface area contributed by atoms with Crippen LogP contribution < -0.4 is 5.73 Å². The number of anilines is 1. The van der Waals surface area contributed by atoms with Crippen LogP contribution in [0.1, 0.15) is 17.7 Å². The van der Waals surface area contributed by atoms with Gasteiger partial charge in [-0.25, -0.2) is 4.68 Å². The monoisotopic (exact) mass is 277 g/mol. The quantitative estimate of drug-likeness (QED) is 0.871. The van der Waals surface area contributed by atoms with Crippen molar-refractivity contribution in [3.63, 3.8) is 0 Å². The fraction of sp³-hybridized carbons (Fsp3) is 0.250. The molecule has 0 fully saturated rings. The normalized spacial score (nSPS) is 14.1. The van der Waals surface area contributed by atoms with Gasteiger partial charge < -0.3 is 5.73 Å². The summed E-state index contributed by atoms with van der Waals surface area (Å²) in [5.41, 5.74) is 9.50. The lowest BCUT2D eigenvalue weighted by molar-refractivity contribution is 0.786. The molecule has 1 aliphatic carbocycles. The molecule has 1 aromatic carbocycles. The van der Waals surface area contributed by atoms with Gasteiger partial charge in [-0.05, 0) is 47.3 Å². The minimum atomic E-state index is 0.684. The van der Waals surface area contributed by atoms with Crippen molar-refractivity contribution < 1.29 is 0 Å². The first kappa shape index (κ1) is 9.90. The molecule has 2 aromatic rings. The van der Waals surface area contributed by atoms with E-state index >= 15 is 0 Å². The summed E-state index contributed by atoms with van der Waals surface area (Å²) >= 11 is 3.55. The predicted molar refractivity (Wildman–Crippen MR) is 67.7 cm³/mol. The number of aromatic nitrogens is 2. The van der Waals surface area contributed by atoms with Crippen molar-refractivity contribution in [2.24, 2.45) is 0 Å². The van der Waals surface area contributed by atoms with Crippen molar-refractivity contribution in [1.29, 1.82) is 0 Å². The predicted octanol–water partition coefficient (Wildman–Crippen LogP) is 2.71. The van der Waals surface area contributed by atoms with Crippen LogP contribution >= 0.6 is 15.9 Å². The molecule has 2 N–H and O–H groups in total. The fourth-order valence-electron chi connectivity index (χ4n) is 2.29. The Morgan fingerprint density at radius 2 is 2.06 bits per heavy atom. The molecule has 82 valence electrons. The molecule has 0 aliphatic heterocycles. The van der Waals surface area contributed by atoms with E-state index < -0.39 is 0 Å². The smallest absolute Gasteiger partial charge is 0.149 e. The maximum absolute atomic E-state index is 5.93. The zero-order valence-corrected chi connectivity index (χ0v) is 10.4. The van der Waals surface area contributed by atoms with Crippen LogP contribution in [0.5, 0.6) is 0 Å². The fourth-order valence-corrected chi connectivity index (χ4v) is 2.74. The van der Waals surface area contributed by atoms with Crippen molar-refractivity contribution in [1.82, 2.24) is 9.78 Å². The molecule has 0 saturated heterocycles. The molecule has 16 heavy (non-hydrogen) atoms. The lowest BCUT2D eigenvalue weighted by Crippen LogP contribution is -2.02. The number of halogens is 1. The van der Waals surface area contributed by atoms with Gasteiger partial charge in [-0.3, -0.25) is 0 Å². The first-order chi connectivity index (χ1) is 7.77. The molecule has 4 heteroatoms. The third-order valence-corrected chi connectivity index (χ3v) is 3.71. The number of fused-ring (bicyclic) bond motifs is 1. The van der Waals surface area contributed by atoms with Crippen molar-refractivity contribution in [3.8, 4) is 5.69 Å². The summed E-state index contributed by atoms with van der Waals surface area (Å²) in [4.78, 5) is 0. The van der Waals surface area contributed by atoms with Crippen LogP contribution in [-0.4, -0.2) is 9.78 Å². The highest BCUT2D eigenvalue weighted by Gasteiger charge is 2.22. The van der Waals surface area contributed by atoms with Crippen molar-refractivity contribution >= 4 is 21.7 Å². The van der Waals surface area contributed by atoms with Gasteiger partial charge in [-0.15, -0.1) is 0 Å². The van der Waals surface area contributed by atoms with Gasteiger partial charge in [0.15, 0.2) is 0 Å². The van der Waals surface area contributed by atoms with E-state index in [2.05, 4.69) is 27.1 Å². The molecule has 1 aromatic heterocycles. The van der Waals surface area contributed by atoms with E-state index in [1.165, 1.54) is 17.7 Å². The van der Waals surface area contributed by atoms with Crippen LogP contribution in [-0.2, 0) is 12.8 Å². The zero-order chi connectivity index (χ0) is 11.1. The second-order valence-corrected chi connectivity index (χ2v) is 4.88. The molecule has 3 nitrogen and oxygen atoms in total. The van der Waals surface area contributed by atoms with E-state index in [0.29, 0.717) is 5.82 Å². The molecule has 0 bridgehead atoms. The van der Waals surface area contributed by atoms with Crippen LogP contribution in [0.25, 0.3) is 5.69 Å². The van der Waals surface area contributed by atoms with Gasteiger partial charge in [-0.1, -0.05) is 12.1 Å². The van der Waals surface area contributed by atoms with E-state index in [4.69, 9.17) is 5.73 Å². The number of nitrogens with zero attached hydrogens (tertiary/aromatic N) is 2. The minimum absolute atomic E-state index is 0.684. The van der Waals surface area contributed by atoms with Crippen LogP contribution in [0.3, 0.4) is 0 Å². The summed E-state index contributed by atoms with van der Waals surface area (Å²) in [6, 6.07) is 8.09. The molecular formula is C12H12BrN3. The molecule has 0 atom stereocenters. The van der Waals surface area contributed by atoms with Crippen molar-refractivity contribution in [2.45, 2.75) is 19.3 Å². The molecule has 0 spiro atoms. The number of rotatable bonds is 1. The number of nitrogens with two attached hydrogens (primary N) is 1. The van der Waals surface area contributed by atoms with E-state index in [1.54, 1.807) is 0 Å². The van der Waals surface area contributed by atoms with Crippen molar-refractivity contribution in [2.75, 3.05) is 5.73 Å². The highest BCUT2D eigenvalue weighted by molar-refractivity contribution is 9.10. The van der Waals surface area contributed by atoms with Gasteiger partial charge in [0.05, 0.1) is 5.69 Å². The number of nitrogen functional groups attached to an aromatic ring is 1. The molecule has 1 heterocycles. The van der Waals surface area contributed by atoms with Crippen LogP contribution in [0.2, 0.25) is 0 Å². The zero-order valence-electron chi connectivity index (χ0n) is 8.78. The summed E-state index contributed by atoms with van der Waals surface area (Å²) in [6.07, 6.45) is 3.31. The Hall–Kier alpha value is -1.29. The van der Waals surface area contributed by atoms with Gasteiger partial charge in [0.2, 0.25) is 0 Å². The second-order valence-electron chi connectivity index (χ2n) is 4.03. The molecule has 1 aliphatic rings. The highest BCUT2D eigenvalue weighted by atomic mass is 79.9. The summed E-state index contributed by atoms with van der Waals surface area (Å²) in [5.74, 6) is 0.684. The summed E-state index contributed by atoms with van der Waals surface area (Å²) in [6.45, 7) is 0. The standard InChI is InChI=1S/C12H12BrN3/c13-9-5-1-2-6-11(9)16-10-7-3-4-8(10)12(14)15-16/h1-2,5-6H,3-4,7H2,(H2,14,15). The molecule has 0 unspecified atom stereocenters. The largest absolute Gasteiger partial charge is 0.382 e. The van der Waals surface area contributed by atoms with Crippen LogP contribution in [0.15, 0.2) is 28.7 Å². The summed E-state index contributed by atoms with van der Waals surface area (Å²) in [5, 5.41) is 4.43. The van der Waals surface area contributed by atoms with Crippen LogP contribution in [0.4, 0.5) is 5.82 Å². The first-order valence-electron chi connectivity index (χ1n) is 5.38. The Morgan fingerprint density at radius 3 is 2.88 bits per heavy atom. The number of benzene rings is 1. The average molecular weight is 278 g/mol. The molecular weight excluding hydrogens is 266 g/mol. The first-order valence-corrected chi connectivity index (χ1v) is 6.18. The van der Waals surface area contributed by atoms with Crippen molar-refractivity contribution in [3.05, 3.63) is 40.0 Å². The Morgan fingerprint density at radius 1 is 1.25 bits per heavy atom. The minimum Gasteiger partial charge on any atom is -0.382 e. The molecule has 3 rings (SSSR count). The molecule has 0 radical (unpaired) electrons. The highest BCUT2D eigenvalue weighted by Crippen LogP contribution is 2.31. The maximum atomic E-state index is 5.93. The van der Waals surface area contributed by atoms with E-state index in [0.717, 1.165) is 23.0 Å². The van der Waals surface area contributed by atoms with Gasteiger partial charge in [0.25, 0.3) is 0 Å². The second kappa shape index (κ2) is 3.63. The number of hydrogen-bond donors (Lipinski definition) is 1. The van der Waals surface area contributed by atoms with E-state index in [9.17, 15) is 0 Å². The maximum Gasteiger partial charge on any atom is 0.149 e. The topological polar surface area (TPSA) is 43.8 Å². The van der Waals surface area contributed by atoms with E-state index in [1.807, 2.05) is 22.9 Å².